The molecule has 0 aliphatic heterocycles. The first-order valence-electron chi connectivity index (χ1n) is 16.0. The van der Waals surface area contributed by atoms with Crippen LogP contribution in [0.15, 0.2) is 59.8 Å². The summed E-state index contributed by atoms with van der Waals surface area (Å²) in [4.78, 5) is 12.7. The molecule has 2 nitrogen and oxygen atoms in total. The number of hydrogen-bond acceptors (Lipinski definition) is 2. The lowest BCUT2D eigenvalue weighted by Crippen LogP contribution is -2.81. The second-order valence-electron chi connectivity index (χ2n) is 12.3. The molecule has 1 aromatic heterocycles. The van der Waals surface area contributed by atoms with Gasteiger partial charge < -0.3 is 0 Å². The van der Waals surface area contributed by atoms with E-state index in [4.69, 9.17) is 0 Å². The monoisotopic (exact) mass is 909 g/mol. The van der Waals surface area contributed by atoms with Gasteiger partial charge in [-0.15, -0.1) is 34.5 Å². The molecule has 24 heteroatoms. The molecule has 0 atom stereocenters. The predicted molar refractivity (Wildman–Crippen MR) is 174 cm³/mol. The zero-order chi connectivity index (χ0) is 45.7. The maximum absolute atomic E-state index is 15.4. The van der Waals surface area contributed by atoms with E-state index in [1.807, 2.05) is 53.4 Å². The normalized spacial score (nSPS) is 11.5. The molecule has 6 aromatic rings. The molecule has 0 fully saturated rings. The van der Waals surface area contributed by atoms with Crippen LogP contribution in [0.4, 0.5) is 87.8 Å². The summed E-state index contributed by atoms with van der Waals surface area (Å²) < 4.78 is 296. The highest BCUT2D eigenvalue weighted by atomic mass is 32.1. The fourth-order valence-corrected chi connectivity index (χ4v) is 6.66. The Morgan fingerprint density at radius 1 is 0.377 bits per heavy atom. The number of carbonyl (C=O) groups excluding carboxylic acids is 1. The Morgan fingerprint density at radius 3 is 0.885 bits per heavy atom. The minimum absolute atomic E-state index is 0.0711. The lowest BCUT2D eigenvalue weighted by Gasteiger charge is -2.44. The summed E-state index contributed by atoms with van der Waals surface area (Å²) in [6, 6.07) is 13.1. The van der Waals surface area contributed by atoms with Crippen molar-refractivity contribution >= 4 is 46.4 Å². The number of nitrogens with zero attached hydrogens (tertiary/aromatic N) is 1. The van der Waals surface area contributed by atoms with E-state index in [0.29, 0.717) is 12.1 Å². The van der Waals surface area contributed by atoms with E-state index in [9.17, 15) is 57.5 Å². The predicted octanol–water partition coefficient (Wildman–Crippen LogP) is 7.99. The molecule has 1 heterocycles. The van der Waals surface area contributed by atoms with Gasteiger partial charge in [-0.1, -0.05) is 24.3 Å². The quantitative estimate of drug-likeness (QED) is 0.0328. The molecule has 0 bridgehead atoms. The van der Waals surface area contributed by atoms with Crippen LogP contribution in [-0.2, 0) is 6.54 Å². The molecule has 0 unspecified atom stereocenters. The number of aromatic nitrogens is 1. The molecule has 0 aliphatic rings. The lowest BCUT2D eigenvalue weighted by molar-refractivity contribution is -0.683. The highest BCUT2D eigenvalue weighted by Gasteiger charge is 2.52. The number of pyridine rings is 1. The van der Waals surface area contributed by atoms with Gasteiger partial charge in [-0.2, -0.15) is 4.57 Å². The van der Waals surface area contributed by atoms with Gasteiger partial charge in [0.05, 0.1) is 0 Å². The first-order chi connectivity index (χ1) is 28.5. The Bertz CT molecular complexity index is 2390. The average Bonchev–Trinajstić information content (AvgIpc) is 3.24. The first kappa shape index (κ1) is 46.0. The van der Waals surface area contributed by atoms with Gasteiger partial charge in [-0.25, -0.2) is 87.8 Å². The number of hydrogen-bond donors (Lipinski definition) is 1. The summed E-state index contributed by atoms with van der Waals surface area (Å²) in [6.07, 6.45) is -3.47. The average molecular weight is 909 g/mol. The third kappa shape index (κ3) is 7.32. The van der Waals surface area contributed by atoms with Crippen molar-refractivity contribution in [3.63, 3.8) is 0 Å². The summed E-state index contributed by atoms with van der Waals surface area (Å²) in [5, 5.41) is 0. The Labute approximate surface area is 331 Å². The van der Waals surface area contributed by atoms with Crippen LogP contribution in [0.1, 0.15) is 10.4 Å². The SMILES string of the molecule is Fc1c(F)c(F)c([B-](c2c(F)c(F)c(F)c(F)c2F)(c2c(F)c(F)c(F)c(F)c2F)c2c(F)c(F)c(F)c(F)c2F)c(F)c1F.O=C(C[n+]1ccccc1)c1ccccc1S. The second-order valence-corrected chi connectivity index (χ2v) is 12.8. The maximum atomic E-state index is 15.4. The van der Waals surface area contributed by atoms with Crippen LogP contribution in [0, 0.1) is 116 Å². The van der Waals surface area contributed by atoms with Crippen molar-refractivity contribution < 1.29 is 97.2 Å². The van der Waals surface area contributed by atoms with E-state index in [1.54, 1.807) is 6.07 Å². The molecule has 0 N–H and O–H groups in total. The standard InChI is InChI=1S/C24BF20.C13H11NOS/c26-5-1(6(27)14(35)21(42)13(5)34)25(2-7(28)15(36)22(43)16(37)8(2)29,3-9(30)17(38)23(44)18(39)10(3)31)4-11(32)19(40)24(45)20(41)12(4)33;15-12(10-14-8-4-1-5-9-14)11-6-2-3-7-13(11)16/h;1-9H,10H2/q-1;/p+1. The molecule has 0 saturated heterocycles. The van der Waals surface area contributed by atoms with Gasteiger partial charge in [0.15, 0.2) is 82.2 Å². The van der Waals surface area contributed by atoms with Crippen LogP contribution in [0.25, 0.3) is 0 Å². The molecule has 6 rings (SSSR count). The number of halogens is 20. The van der Waals surface area contributed by atoms with Crippen LogP contribution in [0.2, 0.25) is 0 Å². The molecule has 0 aliphatic carbocycles. The van der Waals surface area contributed by atoms with Crippen molar-refractivity contribution in [3.05, 3.63) is 177 Å². The maximum Gasteiger partial charge on any atom is 0.228 e. The summed E-state index contributed by atoms with van der Waals surface area (Å²) in [5.74, 6) is -71.3. The number of ketones is 1. The van der Waals surface area contributed by atoms with Gasteiger partial charge in [0.1, 0.15) is 52.7 Å². The van der Waals surface area contributed by atoms with E-state index in [1.165, 1.54) is 0 Å². The molecule has 0 radical (unpaired) electrons. The number of rotatable bonds is 7. The second kappa shape index (κ2) is 17.1. The molecule has 61 heavy (non-hydrogen) atoms. The zero-order valence-electron chi connectivity index (χ0n) is 28.8. The third-order valence-electron chi connectivity index (χ3n) is 9.02. The summed E-state index contributed by atoms with van der Waals surface area (Å²) >= 11 is 4.27. The summed E-state index contributed by atoms with van der Waals surface area (Å²) in [5.41, 5.74) is -13.7. The van der Waals surface area contributed by atoms with Crippen molar-refractivity contribution in [3.8, 4) is 0 Å². The minimum Gasteiger partial charge on any atom is -0.287 e. The molecule has 0 amide bonds. The molecule has 0 spiro atoms. The van der Waals surface area contributed by atoms with Crippen molar-refractivity contribution in [1.82, 2.24) is 0 Å². The highest BCUT2D eigenvalue weighted by Crippen LogP contribution is 2.30. The minimum atomic E-state index is -7.22. The van der Waals surface area contributed by atoms with Gasteiger partial charge in [0, 0.05) is 22.6 Å². The largest absolute Gasteiger partial charge is 0.287 e. The Balaban J connectivity index is 0.000000366. The summed E-state index contributed by atoms with van der Waals surface area (Å²) in [7, 11) is 0. The van der Waals surface area contributed by atoms with Crippen LogP contribution >= 0.6 is 12.6 Å². The molecule has 320 valence electrons. The fraction of sp³-hybridized carbons (Fsp3) is 0.0270. The topological polar surface area (TPSA) is 20.9 Å². The van der Waals surface area contributed by atoms with E-state index >= 15 is 35.1 Å². The molecule has 5 aromatic carbocycles. The number of carbonyl (C=O) groups is 1. The molecular formula is C37H12BF20NOS. The first-order valence-corrected chi connectivity index (χ1v) is 16.4. The van der Waals surface area contributed by atoms with Crippen molar-refractivity contribution in [2.45, 2.75) is 11.4 Å². The van der Waals surface area contributed by atoms with Crippen LogP contribution < -0.4 is 26.4 Å². The van der Waals surface area contributed by atoms with Gasteiger partial charge in [-0.05, 0) is 6.07 Å². The Hall–Kier alpha value is -6.07. The Morgan fingerprint density at radius 2 is 0.623 bits per heavy atom. The third-order valence-corrected chi connectivity index (χ3v) is 9.41. The van der Waals surface area contributed by atoms with Gasteiger partial charge in [0.25, 0.3) is 0 Å². The number of benzene rings is 5. The lowest BCUT2D eigenvalue weighted by atomic mass is 9.12. The van der Waals surface area contributed by atoms with E-state index in [-0.39, 0.29) is 5.78 Å². The van der Waals surface area contributed by atoms with Gasteiger partial charge >= 0.3 is 0 Å². The van der Waals surface area contributed by atoms with Gasteiger partial charge in [0.2, 0.25) is 12.3 Å². The molecular weight excluding hydrogens is 897 g/mol. The van der Waals surface area contributed by atoms with Crippen molar-refractivity contribution in [2.24, 2.45) is 0 Å². The zero-order valence-corrected chi connectivity index (χ0v) is 29.7. The molecule has 0 saturated carbocycles. The van der Waals surface area contributed by atoms with Crippen LogP contribution in [0.3, 0.4) is 0 Å². The Kier molecular flexibility index (Phi) is 12.9. The smallest absolute Gasteiger partial charge is 0.228 e. The van der Waals surface area contributed by atoms with Crippen molar-refractivity contribution in [2.75, 3.05) is 0 Å². The van der Waals surface area contributed by atoms with E-state index in [0.717, 1.165) is 4.90 Å². The van der Waals surface area contributed by atoms with Crippen molar-refractivity contribution in [1.29, 1.82) is 0 Å². The van der Waals surface area contributed by atoms with Crippen LogP contribution in [0.5, 0.6) is 0 Å². The highest BCUT2D eigenvalue weighted by molar-refractivity contribution is 7.80. The fourth-order valence-electron chi connectivity index (χ4n) is 6.37. The number of thiol groups is 1. The van der Waals surface area contributed by atoms with Crippen LogP contribution in [-0.4, -0.2) is 11.9 Å². The van der Waals surface area contributed by atoms with E-state index < -0.39 is 144 Å². The van der Waals surface area contributed by atoms with Gasteiger partial charge in [-0.3, -0.25) is 4.79 Å². The van der Waals surface area contributed by atoms with E-state index in [2.05, 4.69) is 12.6 Å². The summed E-state index contributed by atoms with van der Waals surface area (Å²) in [6.45, 7) is 0.346. The number of Topliss-reactive ketones (excluding diaryl/α,β-unsaturated/α-hetero) is 1.